The highest BCUT2D eigenvalue weighted by Crippen LogP contribution is 2.35. The van der Waals surface area contributed by atoms with Crippen molar-refractivity contribution in [3.8, 4) is 0 Å². The molecule has 1 saturated carbocycles. The van der Waals surface area contributed by atoms with Crippen molar-refractivity contribution in [2.24, 2.45) is 28.5 Å². The van der Waals surface area contributed by atoms with Crippen LogP contribution in [0.15, 0.2) is 17.3 Å². The van der Waals surface area contributed by atoms with E-state index in [1.807, 2.05) is 0 Å². The lowest BCUT2D eigenvalue weighted by Crippen LogP contribution is -2.34. The summed E-state index contributed by atoms with van der Waals surface area (Å²) in [7, 11) is 0. The second-order valence-electron chi connectivity index (χ2n) is 2.97. The van der Waals surface area contributed by atoms with Gasteiger partial charge in [0, 0.05) is 5.92 Å². The van der Waals surface area contributed by atoms with Crippen LogP contribution < -0.4 is 11.6 Å². The van der Waals surface area contributed by atoms with Gasteiger partial charge >= 0.3 is 0 Å². The van der Waals surface area contributed by atoms with Crippen molar-refractivity contribution in [3.05, 3.63) is 12.2 Å². The third kappa shape index (κ3) is 0.555. The number of hydrogen-bond donors (Lipinski definition) is 2. The van der Waals surface area contributed by atoms with Crippen molar-refractivity contribution < 1.29 is 0 Å². The quantitative estimate of drug-likeness (QED) is 0.277. The molecule has 3 nitrogen and oxygen atoms in total. The lowest BCUT2D eigenvalue weighted by atomic mass is 10.0. The fraction of sp³-hybridized carbons (Fsp3) is 0.571. The maximum Gasteiger partial charge on any atom is 0.0617 e. The van der Waals surface area contributed by atoms with Gasteiger partial charge < -0.3 is 11.6 Å². The molecule has 10 heavy (non-hydrogen) atoms. The Morgan fingerprint density at radius 2 is 2.30 bits per heavy atom. The largest absolute Gasteiger partial charge is 0.323 e. The van der Waals surface area contributed by atoms with Gasteiger partial charge in [-0.15, -0.1) is 0 Å². The monoisotopic (exact) mass is 137 g/mol. The maximum absolute atomic E-state index is 5.81. The van der Waals surface area contributed by atoms with Crippen LogP contribution in [0.4, 0.5) is 0 Å². The second kappa shape index (κ2) is 1.83. The van der Waals surface area contributed by atoms with Gasteiger partial charge in [0.25, 0.3) is 0 Å². The summed E-state index contributed by atoms with van der Waals surface area (Å²) < 4.78 is 0. The van der Waals surface area contributed by atoms with E-state index in [0.29, 0.717) is 11.8 Å². The molecule has 0 aliphatic heterocycles. The van der Waals surface area contributed by atoms with Gasteiger partial charge in [-0.3, -0.25) is 0 Å². The van der Waals surface area contributed by atoms with Crippen LogP contribution in [0, 0.1) is 11.8 Å². The molecular weight excluding hydrogens is 126 g/mol. The first kappa shape index (κ1) is 5.92. The molecule has 0 aromatic heterocycles. The van der Waals surface area contributed by atoms with Crippen LogP contribution in [0.25, 0.3) is 0 Å². The average molecular weight is 137 g/mol. The fourth-order valence-corrected chi connectivity index (χ4v) is 1.86. The lowest BCUT2D eigenvalue weighted by Gasteiger charge is -2.13. The first-order valence-corrected chi connectivity index (χ1v) is 3.54. The van der Waals surface area contributed by atoms with Gasteiger partial charge in [-0.2, -0.15) is 5.10 Å². The predicted octanol–water partition coefficient (Wildman–Crippen LogP) is -0.166. The molecule has 0 saturated heterocycles. The Labute approximate surface area is 59.8 Å². The minimum absolute atomic E-state index is 0.0972. The summed E-state index contributed by atoms with van der Waals surface area (Å²) in [6, 6.07) is 0.0972. The van der Waals surface area contributed by atoms with Crippen molar-refractivity contribution in [2.45, 2.75) is 12.5 Å². The van der Waals surface area contributed by atoms with Gasteiger partial charge in [0.15, 0.2) is 0 Å². The number of nitrogens with two attached hydrogens (primary N) is 2. The van der Waals surface area contributed by atoms with Crippen molar-refractivity contribution in [3.63, 3.8) is 0 Å². The summed E-state index contributed by atoms with van der Waals surface area (Å²) in [6.07, 6.45) is 5.45. The number of nitrogens with zero attached hydrogens (tertiary/aromatic N) is 1. The zero-order valence-electron chi connectivity index (χ0n) is 5.70. The molecule has 2 rings (SSSR count). The molecular formula is C7H11N3. The van der Waals surface area contributed by atoms with Gasteiger partial charge in [-0.1, -0.05) is 12.2 Å². The van der Waals surface area contributed by atoms with Crippen LogP contribution in [-0.4, -0.2) is 11.8 Å². The summed E-state index contributed by atoms with van der Waals surface area (Å²) in [6.45, 7) is 0. The highest BCUT2D eigenvalue weighted by molar-refractivity contribution is 5.96. The Morgan fingerprint density at radius 1 is 1.50 bits per heavy atom. The van der Waals surface area contributed by atoms with Crippen LogP contribution in [0.5, 0.6) is 0 Å². The number of hydrogen-bond acceptors (Lipinski definition) is 3. The first-order valence-electron chi connectivity index (χ1n) is 3.54. The minimum atomic E-state index is 0.0972. The zero-order valence-corrected chi connectivity index (χ0v) is 5.70. The third-order valence-electron chi connectivity index (χ3n) is 2.45. The lowest BCUT2D eigenvalue weighted by molar-refractivity contribution is 0.629. The highest BCUT2D eigenvalue weighted by Gasteiger charge is 2.39. The third-order valence-corrected chi connectivity index (χ3v) is 2.45. The van der Waals surface area contributed by atoms with Gasteiger partial charge in [0.2, 0.25) is 0 Å². The van der Waals surface area contributed by atoms with E-state index in [0.717, 1.165) is 12.1 Å². The van der Waals surface area contributed by atoms with Crippen LogP contribution in [0.2, 0.25) is 0 Å². The normalized spacial score (nSPS) is 47.3. The number of hydrazone groups is 1. The van der Waals surface area contributed by atoms with E-state index in [9.17, 15) is 0 Å². The molecule has 3 atom stereocenters. The summed E-state index contributed by atoms with van der Waals surface area (Å²) in [5.41, 5.74) is 6.79. The Morgan fingerprint density at radius 3 is 2.70 bits per heavy atom. The molecule has 2 bridgehead atoms. The summed E-state index contributed by atoms with van der Waals surface area (Å²) in [4.78, 5) is 0. The van der Waals surface area contributed by atoms with Gasteiger partial charge in [-0.25, -0.2) is 0 Å². The van der Waals surface area contributed by atoms with Crippen LogP contribution in [0.1, 0.15) is 6.42 Å². The standard InChI is InChI=1S/C7H11N3/c8-6-4-1-2-5(3-4)7(6)10-9/h1-2,4-6H,3,8-9H2/b10-7-. The molecule has 0 spiro atoms. The van der Waals surface area contributed by atoms with E-state index in [1.54, 1.807) is 0 Å². The second-order valence-corrected chi connectivity index (χ2v) is 2.97. The minimum Gasteiger partial charge on any atom is -0.323 e. The maximum atomic E-state index is 5.81. The smallest absolute Gasteiger partial charge is 0.0617 e. The summed E-state index contributed by atoms with van der Waals surface area (Å²) >= 11 is 0. The molecule has 2 aliphatic rings. The van der Waals surface area contributed by atoms with Gasteiger partial charge in [-0.05, 0) is 12.3 Å². The van der Waals surface area contributed by atoms with Crippen LogP contribution >= 0.6 is 0 Å². The number of rotatable bonds is 0. The predicted molar refractivity (Wildman–Crippen MR) is 40.3 cm³/mol. The molecule has 0 radical (unpaired) electrons. The molecule has 0 amide bonds. The first-order chi connectivity index (χ1) is 4.83. The van der Waals surface area contributed by atoms with Crippen molar-refractivity contribution in [1.82, 2.24) is 0 Å². The molecule has 4 N–H and O–H groups in total. The molecule has 54 valence electrons. The Bertz CT molecular complexity index is 207. The van der Waals surface area contributed by atoms with E-state index < -0.39 is 0 Å². The van der Waals surface area contributed by atoms with Crippen LogP contribution in [-0.2, 0) is 0 Å². The summed E-state index contributed by atoms with van der Waals surface area (Å²) in [5, 5.41) is 3.69. The van der Waals surface area contributed by atoms with E-state index in [2.05, 4.69) is 17.3 Å². The Kier molecular flexibility index (Phi) is 1.08. The fourth-order valence-electron chi connectivity index (χ4n) is 1.86. The van der Waals surface area contributed by atoms with Crippen molar-refractivity contribution in [2.75, 3.05) is 0 Å². The topological polar surface area (TPSA) is 64.4 Å². The van der Waals surface area contributed by atoms with E-state index in [1.165, 1.54) is 0 Å². The molecule has 0 aromatic rings. The zero-order chi connectivity index (χ0) is 7.14. The molecule has 1 fully saturated rings. The molecule has 0 aromatic carbocycles. The van der Waals surface area contributed by atoms with Gasteiger partial charge in [0.05, 0.1) is 11.8 Å². The molecule has 2 aliphatic carbocycles. The van der Waals surface area contributed by atoms with E-state index in [4.69, 9.17) is 11.6 Å². The average Bonchev–Trinajstić information content (AvgIpc) is 2.46. The molecule has 3 unspecified atom stereocenters. The highest BCUT2D eigenvalue weighted by atomic mass is 15.1. The van der Waals surface area contributed by atoms with Crippen LogP contribution in [0.3, 0.4) is 0 Å². The Balaban J connectivity index is 2.34. The van der Waals surface area contributed by atoms with Crippen molar-refractivity contribution in [1.29, 1.82) is 0 Å². The number of fused-ring (bicyclic) bond motifs is 2. The number of allylic oxidation sites excluding steroid dienone is 1. The van der Waals surface area contributed by atoms with Crippen molar-refractivity contribution >= 4 is 5.71 Å². The van der Waals surface area contributed by atoms with Gasteiger partial charge in [0.1, 0.15) is 0 Å². The molecule has 3 heteroatoms. The Hall–Kier alpha value is -0.830. The summed E-state index contributed by atoms with van der Waals surface area (Å²) in [5.74, 6) is 6.14. The van der Waals surface area contributed by atoms with E-state index >= 15 is 0 Å². The SMILES string of the molecule is N/N=C1/C2C=CC(C2)C1N. The molecule has 0 heterocycles. The van der Waals surface area contributed by atoms with E-state index in [-0.39, 0.29) is 6.04 Å².